The lowest BCUT2D eigenvalue weighted by atomic mass is 9.66. The average molecular weight is 308 g/mol. The van der Waals surface area contributed by atoms with Crippen LogP contribution in [0, 0.1) is 11.2 Å². The Balaban J connectivity index is 2.05. The highest BCUT2D eigenvalue weighted by Gasteiger charge is 2.45. The van der Waals surface area contributed by atoms with Crippen molar-refractivity contribution in [2.45, 2.75) is 32.6 Å². The third-order valence-electron chi connectivity index (χ3n) is 3.82. The monoisotopic (exact) mass is 308 g/mol. The van der Waals surface area contributed by atoms with Crippen LogP contribution in [0.1, 0.15) is 32.6 Å². The second-order valence-electron chi connectivity index (χ2n) is 5.54. The van der Waals surface area contributed by atoms with Crippen LogP contribution in [0.2, 0.25) is 0 Å². The minimum absolute atomic E-state index is 0.0399. The summed E-state index contributed by atoms with van der Waals surface area (Å²) >= 11 is 0. The van der Waals surface area contributed by atoms with Gasteiger partial charge in [0.15, 0.2) is 0 Å². The van der Waals surface area contributed by atoms with E-state index >= 15 is 0 Å². The van der Waals surface area contributed by atoms with Gasteiger partial charge in [-0.25, -0.2) is 4.39 Å². The van der Waals surface area contributed by atoms with E-state index in [1.807, 2.05) is 0 Å². The van der Waals surface area contributed by atoms with Crippen LogP contribution < -0.4 is 10.6 Å². The van der Waals surface area contributed by atoms with Crippen molar-refractivity contribution in [1.82, 2.24) is 0 Å². The molecule has 0 spiro atoms. The molecule has 118 valence electrons. The van der Waals surface area contributed by atoms with E-state index in [1.54, 1.807) is 0 Å². The molecule has 0 aliphatic heterocycles. The summed E-state index contributed by atoms with van der Waals surface area (Å²) in [6, 6.07) is 3.77. The number of hydrogen-bond acceptors (Lipinski definition) is 3. The van der Waals surface area contributed by atoms with Gasteiger partial charge in [0.2, 0.25) is 11.8 Å². The molecule has 0 aromatic heterocycles. The minimum Gasteiger partial charge on any atom is -0.481 e. The van der Waals surface area contributed by atoms with Crippen molar-refractivity contribution >= 4 is 29.2 Å². The standard InChI is InChI=1S/C15H17FN2O4/c1-9(19)17-12-7-10(3-4-11(12)16)18-13(20)8-15(14(21)22)5-2-6-15/h3-4,7H,2,5-6,8H2,1H3,(H,17,19)(H,18,20)(H,21,22). The fourth-order valence-corrected chi connectivity index (χ4v) is 2.47. The van der Waals surface area contributed by atoms with Crippen molar-refractivity contribution in [3.05, 3.63) is 24.0 Å². The molecule has 1 aliphatic carbocycles. The SMILES string of the molecule is CC(=O)Nc1cc(NC(=O)CC2(C(=O)O)CCC2)ccc1F. The Bertz CT molecular complexity index is 626. The van der Waals surface area contributed by atoms with Crippen LogP contribution in [0.25, 0.3) is 0 Å². The number of amides is 2. The maximum absolute atomic E-state index is 13.5. The van der Waals surface area contributed by atoms with Gasteiger partial charge in [0.25, 0.3) is 0 Å². The molecule has 1 fully saturated rings. The summed E-state index contributed by atoms with van der Waals surface area (Å²) in [6.07, 6.45) is 1.64. The van der Waals surface area contributed by atoms with Crippen molar-refractivity contribution in [3.63, 3.8) is 0 Å². The lowest BCUT2D eigenvalue weighted by molar-refractivity contribution is -0.157. The number of carboxylic acids is 1. The summed E-state index contributed by atoms with van der Waals surface area (Å²) in [4.78, 5) is 34.2. The van der Waals surface area contributed by atoms with E-state index in [4.69, 9.17) is 0 Å². The number of anilines is 2. The Hall–Kier alpha value is -2.44. The lowest BCUT2D eigenvalue weighted by Gasteiger charge is -2.36. The smallest absolute Gasteiger partial charge is 0.310 e. The quantitative estimate of drug-likeness (QED) is 0.778. The van der Waals surface area contributed by atoms with Gasteiger partial charge in [0.1, 0.15) is 5.82 Å². The van der Waals surface area contributed by atoms with E-state index < -0.39 is 29.0 Å². The van der Waals surface area contributed by atoms with Crippen LogP contribution in [0.5, 0.6) is 0 Å². The van der Waals surface area contributed by atoms with Gasteiger partial charge in [-0.05, 0) is 31.0 Å². The first-order valence-electron chi connectivity index (χ1n) is 6.93. The summed E-state index contributed by atoms with van der Waals surface area (Å²) in [7, 11) is 0. The molecule has 22 heavy (non-hydrogen) atoms. The predicted molar refractivity (Wildman–Crippen MR) is 77.9 cm³/mol. The zero-order valence-corrected chi connectivity index (χ0v) is 12.1. The summed E-state index contributed by atoms with van der Waals surface area (Å²) in [6.45, 7) is 1.25. The van der Waals surface area contributed by atoms with Crippen molar-refractivity contribution < 1.29 is 23.9 Å². The first-order valence-corrected chi connectivity index (χ1v) is 6.93. The van der Waals surface area contributed by atoms with Crippen LogP contribution >= 0.6 is 0 Å². The van der Waals surface area contributed by atoms with Crippen LogP contribution in [0.4, 0.5) is 15.8 Å². The molecule has 1 saturated carbocycles. The molecule has 0 saturated heterocycles. The molecular weight excluding hydrogens is 291 g/mol. The summed E-state index contributed by atoms with van der Waals surface area (Å²) in [5.41, 5.74) is -0.721. The van der Waals surface area contributed by atoms with Crippen molar-refractivity contribution in [3.8, 4) is 0 Å². The van der Waals surface area contributed by atoms with Gasteiger partial charge in [-0.15, -0.1) is 0 Å². The van der Waals surface area contributed by atoms with E-state index in [9.17, 15) is 23.9 Å². The Morgan fingerprint density at radius 1 is 1.27 bits per heavy atom. The van der Waals surface area contributed by atoms with E-state index in [0.29, 0.717) is 18.5 Å². The fourth-order valence-electron chi connectivity index (χ4n) is 2.47. The van der Waals surface area contributed by atoms with Gasteiger partial charge >= 0.3 is 5.97 Å². The number of hydrogen-bond donors (Lipinski definition) is 3. The summed E-state index contributed by atoms with van der Waals surface area (Å²) in [5.74, 6) is -2.45. The minimum atomic E-state index is -0.982. The van der Waals surface area contributed by atoms with Crippen molar-refractivity contribution in [2.75, 3.05) is 10.6 Å². The number of carbonyl (C=O) groups excluding carboxylic acids is 2. The highest BCUT2D eigenvalue weighted by molar-refractivity contribution is 5.96. The molecule has 2 amide bonds. The number of carboxylic acid groups (broad SMARTS) is 1. The maximum Gasteiger partial charge on any atom is 0.310 e. The largest absolute Gasteiger partial charge is 0.481 e. The highest BCUT2D eigenvalue weighted by atomic mass is 19.1. The number of carbonyl (C=O) groups is 3. The number of benzene rings is 1. The van der Waals surface area contributed by atoms with E-state index in [-0.39, 0.29) is 12.1 Å². The Kier molecular flexibility index (Phi) is 4.44. The number of aliphatic carboxylic acids is 1. The highest BCUT2D eigenvalue weighted by Crippen LogP contribution is 2.44. The predicted octanol–water partition coefficient (Wildman–Crippen LogP) is 2.37. The zero-order chi connectivity index (χ0) is 16.3. The van der Waals surface area contributed by atoms with Gasteiger partial charge in [0.05, 0.1) is 11.1 Å². The second kappa shape index (κ2) is 6.13. The molecule has 3 N–H and O–H groups in total. The molecule has 0 unspecified atom stereocenters. The third-order valence-corrected chi connectivity index (χ3v) is 3.82. The molecule has 1 aliphatic rings. The van der Waals surface area contributed by atoms with E-state index in [1.165, 1.54) is 19.1 Å². The van der Waals surface area contributed by atoms with Crippen molar-refractivity contribution in [2.24, 2.45) is 5.41 Å². The van der Waals surface area contributed by atoms with Crippen molar-refractivity contribution in [1.29, 1.82) is 0 Å². The molecule has 0 radical (unpaired) electrons. The molecule has 6 nitrogen and oxygen atoms in total. The van der Waals surface area contributed by atoms with E-state index in [2.05, 4.69) is 10.6 Å². The normalized spacial score (nSPS) is 15.5. The first-order chi connectivity index (χ1) is 10.3. The van der Waals surface area contributed by atoms with Gasteiger partial charge in [0, 0.05) is 19.0 Å². The Morgan fingerprint density at radius 3 is 2.45 bits per heavy atom. The topological polar surface area (TPSA) is 95.5 Å². The van der Waals surface area contributed by atoms with Gasteiger partial charge in [-0.1, -0.05) is 6.42 Å². The van der Waals surface area contributed by atoms with E-state index in [0.717, 1.165) is 12.5 Å². The molecule has 1 aromatic rings. The second-order valence-corrected chi connectivity index (χ2v) is 5.54. The average Bonchev–Trinajstić information content (AvgIpc) is 2.37. The number of nitrogens with one attached hydrogen (secondary N) is 2. The first kappa shape index (κ1) is 15.9. The summed E-state index contributed by atoms with van der Waals surface area (Å²) in [5, 5.41) is 14.1. The molecule has 7 heteroatoms. The van der Waals surface area contributed by atoms with Crippen LogP contribution in [-0.2, 0) is 14.4 Å². The molecule has 2 rings (SSSR count). The zero-order valence-electron chi connectivity index (χ0n) is 12.1. The Labute approximate surface area is 126 Å². The Morgan fingerprint density at radius 2 is 1.95 bits per heavy atom. The number of halogens is 1. The molecule has 1 aromatic carbocycles. The molecule has 0 bridgehead atoms. The molecular formula is C15H17FN2O4. The number of rotatable bonds is 5. The third kappa shape index (κ3) is 3.41. The molecule has 0 atom stereocenters. The van der Waals surface area contributed by atoms with Gasteiger partial charge < -0.3 is 15.7 Å². The van der Waals surface area contributed by atoms with Crippen LogP contribution in [0.3, 0.4) is 0 Å². The lowest BCUT2D eigenvalue weighted by Crippen LogP contribution is -2.41. The fraction of sp³-hybridized carbons (Fsp3) is 0.400. The van der Waals surface area contributed by atoms with Crippen LogP contribution in [0.15, 0.2) is 18.2 Å². The van der Waals surface area contributed by atoms with Gasteiger partial charge in [-0.3, -0.25) is 14.4 Å². The van der Waals surface area contributed by atoms with Crippen LogP contribution in [-0.4, -0.2) is 22.9 Å². The maximum atomic E-state index is 13.5. The van der Waals surface area contributed by atoms with Gasteiger partial charge in [-0.2, -0.15) is 0 Å². The summed E-state index contributed by atoms with van der Waals surface area (Å²) < 4.78 is 13.5. The molecule has 0 heterocycles.